The first-order chi connectivity index (χ1) is 16.3. The van der Waals surface area contributed by atoms with E-state index in [2.05, 4.69) is 10.6 Å². The number of benzene rings is 1. The van der Waals surface area contributed by atoms with Crippen molar-refractivity contribution < 1.29 is 23.5 Å². The largest absolute Gasteiger partial charge is 0.503 e. The molecule has 2 amide bonds. The molecule has 3 aliphatic rings. The number of aromatic hydroxyl groups is 1. The number of hydrogen-bond acceptors (Lipinski definition) is 5. The van der Waals surface area contributed by atoms with Crippen LogP contribution in [0.2, 0.25) is 0 Å². The van der Waals surface area contributed by atoms with Crippen LogP contribution in [-0.4, -0.2) is 45.6 Å². The van der Waals surface area contributed by atoms with E-state index in [0.717, 1.165) is 44.7 Å². The van der Waals surface area contributed by atoms with Gasteiger partial charge in [0.15, 0.2) is 11.4 Å². The van der Waals surface area contributed by atoms with E-state index in [0.29, 0.717) is 18.5 Å². The van der Waals surface area contributed by atoms with Crippen molar-refractivity contribution in [3.63, 3.8) is 0 Å². The van der Waals surface area contributed by atoms with Crippen molar-refractivity contribution in [2.45, 2.75) is 50.9 Å². The van der Waals surface area contributed by atoms with Crippen molar-refractivity contribution in [1.82, 2.24) is 20.1 Å². The van der Waals surface area contributed by atoms with Gasteiger partial charge in [0.1, 0.15) is 23.4 Å². The van der Waals surface area contributed by atoms with Gasteiger partial charge in [0.25, 0.3) is 11.8 Å². The normalized spacial score (nSPS) is 22.1. The highest BCUT2D eigenvalue weighted by molar-refractivity contribution is 5.99. The summed E-state index contributed by atoms with van der Waals surface area (Å²) in [5.41, 5.74) is -1.34. The molecule has 2 unspecified atom stereocenters. The highest BCUT2D eigenvalue weighted by Crippen LogP contribution is 2.42. The Morgan fingerprint density at radius 1 is 1.21 bits per heavy atom. The lowest BCUT2D eigenvalue weighted by Crippen LogP contribution is -2.57. The summed E-state index contributed by atoms with van der Waals surface area (Å²) in [7, 11) is 0. The molecular weight excluding hydrogens is 446 g/mol. The number of hydrogen-bond donors (Lipinski definition) is 3. The second-order valence-electron chi connectivity index (χ2n) is 9.25. The van der Waals surface area contributed by atoms with Crippen LogP contribution in [0.15, 0.2) is 29.2 Å². The van der Waals surface area contributed by atoms with Crippen LogP contribution in [0.4, 0.5) is 8.78 Å². The van der Waals surface area contributed by atoms with E-state index in [1.54, 1.807) is 9.47 Å². The van der Waals surface area contributed by atoms with Crippen molar-refractivity contribution in [2.75, 3.05) is 13.1 Å². The number of amides is 2. The maximum atomic E-state index is 13.9. The van der Waals surface area contributed by atoms with Gasteiger partial charge in [-0.2, -0.15) is 0 Å². The first-order valence-corrected chi connectivity index (χ1v) is 11.6. The number of nitrogens with zero attached hydrogens (tertiary/aromatic N) is 2. The summed E-state index contributed by atoms with van der Waals surface area (Å²) >= 11 is 0. The van der Waals surface area contributed by atoms with Crippen molar-refractivity contribution in [2.24, 2.45) is 5.92 Å². The fourth-order valence-corrected chi connectivity index (χ4v) is 4.89. The summed E-state index contributed by atoms with van der Waals surface area (Å²) in [6.45, 7) is 1.000. The van der Waals surface area contributed by atoms with E-state index in [1.165, 1.54) is 12.3 Å². The van der Waals surface area contributed by atoms with Crippen LogP contribution < -0.4 is 16.1 Å². The summed E-state index contributed by atoms with van der Waals surface area (Å²) in [6, 6.07) is 2.74. The molecule has 2 atom stereocenters. The van der Waals surface area contributed by atoms with Crippen LogP contribution in [-0.2, 0) is 6.54 Å². The summed E-state index contributed by atoms with van der Waals surface area (Å²) in [5.74, 6) is -3.08. The standard InChI is InChI=1S/C24H26F2N4O4/c25-15-6-5-14(17(26)10-15)11-28-23(33)16-12-30-18(9-13-3-4-13)22-27-7-1-2-8-29(22)24(34)19(30)21(32)20(16)31/h5-6,10,12-13,18,22,27,32H,1-4,7-9,11H2,(H,28,33). The highest BCUT2D eigenvalue weighted by Gasteiger charge is 2.44. The Morgan fingerprint density at radius 3 is 2.74 bits per heavy atom. The monoisotopic (exact) mass is 472 g/mol. The molecule has 1 aromatic heterocycles. The quantitative estimate of drug-likeness (QED) is 0.620. The highest BCUT2D eigenvalue weighted by atomic mass is 19.1. The molecule has 180 valence electrons. The van der Waals surface area contributed by atoms with Crippen LogP contribution in [0.25, 0.3) is 0 Å². The van der Waals surface area contributed by atoms with E-state index in [4.69, 9.17) is 0 Å². The van der Waals surface area contributed by atoms with Crippen molar-refractivity contribution in [1.29, 1.82) is 0 Å². The molecule has 2 aliphatic heterocycles. The topological polar surface area (TPSA) is 104 Å². The zero-order valence-electron chi connectivity index (χ0n) is 18.5. The van der Waals surface area contributed by atoms with Crippen LogP contribution in [0.5, 0.6) is 5.75 Å². The molecule has 0 spiro atoms. The van der Waals surface area contributed by atoms with Gasteiger partial charge in [0.05, 0.1) is 6.04 Å². The van der Waals surface area contributed by atoms with Crippen molar-refractivity contribution in [3.05, 3.63) is 63.1 Å². The maximum absolute atomic E-state index is 13.9. The SMILES string of the molecule is O=C(NCc1ccc(F)cc1F)c1cn2c(c(O)c1=O)C(=O)N1CCCCNC1C2CC1CC1. The van der Waals surface area contributed by atoms with E-state index < -0.39 is 34.6 Å². The Balaban J connectivity index is 1.50. The third kappa shape index (κ3) is 4.06. The van der Waals surface area contributed by atoms with Gasteiger partial charge in [-0.3, -0.25) is 19.7 Å². The molecule has 1 saturated heterocycles. The predicted octanol–water partition coefficient (Wildman–Crippen LogP) is 2.27. The molecule has 5 rings (SSSR count). The molecule has 34 heavy (non-hydrogen) atoms. The second-order valence-corrected chi connectivity index (χ2v) is 9.25. The molecule has 1 saturated carbocycles. The van der Waals surface area contributed by atoms with E-state index in [-0.39, 0.29) is 35.6 Å². The molecule has 3 heterocycles. The lowest BCUT2D eigenvalue weighted by molar-refractivity contribution is 0.0452. The minimum Gasteiger partial charge on any atom is -0.503 e. The Labute approximate surface area is 194 Å². The van der Waals surface area contributed by atoms with E-state index >= 15 is 0 Å². The van der Waals surface area contributed by atoms with Gasteiger partial charge < -0.3 is 19.9 Å². The zero-order chi connectivity index (χ0) is 24.0. The number of rotatable bonds is 5. The molecule has 2 fully saturated rings. The third-order valence-electron chi connectivity index (χ3n) is 6.88. The molecule has 0 bridgehead atoms. The number of carbonyl (C=O) groups is 2. The molecule has 1 aliphatic carbocycles. The average molecular weight is 472 g/mol. The summed E-state index contributed by atoms with van der Waals surface area (Å²) in [6.07, 6.45) is 5.67. The lowest BCUT2D eigenvalue weighted by Gasteiger charge is -2.43. The van der Waals surface area contributed by atoms with E-state index in [9.17, 15) is 28.3 Å². The van der Waals surface area contributed by atoms with Gasteiger partial charge >= 0.3 is 0 Å². The summed E-state index contributed by atoms with van der Waals surface area (Å²) < 4.78 is 28.7. The van der Waals surface area contributed by atoms with Crippen LogP contribution >= 0.6 is 0 Å². The Kier molecular flexibility index (Phi) is 5.85. The number of fused-ring (bicyclic) bond motifs is 2. The first-order valence-electron chi connectivity index (χ1n) is 11.6. The lowest BCUT2D eigenvalue weighted by atomic mass is 9.99. The number of carbonyl (C=O) groups excluding carboxylic acids is 2. The van der Waals surface area contributed by atoms with E-state index in [1.807, 2.05) is 0 Å². The minimum atomic E-state index is -0.955. The van der Waals surface area contributed by atoms with Gasteiger partial charge in [-0.15, -0.1) is 0 Å². The number of pyridine rings is 1. The Bertz CT molecular complexity index is 1210. The van der Waals surface area contributed by atoms with Gasteiger partial charge in [0.2, 0.25) is 5.43 Å². The van der Waals surface area contributed by atoms with Gasteiger partial charge in [-0.1, -0.05) is 18.9 Å². The molecule has 2 aromatic rings. The van der Waals surface area contributed by atoms with Crippen LogP contribution in [0, 0.1) is 17.6 Å². The van der Waals surface area contributed by atoms with Crippen LogP contribution in [0.1, 0.15) is 64.6 Å². The molecule has 1 aromatic carbocycles. The van der Waals surface area contributed by atoms with Crippen molar-refractivity contribution >= 4 is 11.8 Å². The first kappa shape index (κ1) is 22.5. The average Bonchev–Trinajstić information content (AvgIpc) is 3.64. The summed E-state index contributed by atoms with van der Waals surface area (Å²) in [5, 5.41) is 16.6. The smallest absolute Gasteiger partial charge is 0.275 e. The fourth-order valence-electron chi connectivity index (χ4n) is 4.89. The molecule has 0 radical (unpaired) electrons. The van der Waals surface area contributed by atoms with Gasteiger partial charge in [-0.05, 0) is 37.8 Å². The fraction of sp³-hybridized carbons (Fsp3) is 0.458. The predicted molar refractivity (Wildman–Crippen MR) is 118 cm³/mol. The number of halogens is 2. The number of nitrogens with one attached hydrogen (secondary N) is 2. The van der Waals surface area contributed by atoms with Gasteiger partial charge in [0, 0.05) is 30.9 Å². The molecular formula is C24H26F2N4O4. The maximum Gasteiger partial charge on any atom is 0.275 e. The Morgan fingerprint density at radius 2 is 2.00 bits per heavy atom. The second kappa shape index (κ2) is 8.83. The molecule has 3 N–H and O–H groups in total. The zero-order valence-corrected chi connectivity index (χ0v) is 18.5. The summed E-state index contributed by atoms with van der Waals surface area (Å²) in [4.78, 5) is 40.7. The molecule has 10 heteroatoms. The van der Waals surface area contributed by atoms with Gasteiger partial charge in [-0.25, -0.2) is 8.78 Å². The van der Waals surface area contributed by atoms with Crippen molar-refractivity contribution in [3.8, 4) is 5.75 Å². The van der Waals surface area contributed by atoms with Crippen LogP contribution in [0.3, 0.4) is 0 Å². The molecule has 8 nitrogen and oxygen atoms in total. The Hall–Kier alpha value is -3.27. The third-order valence-corrected chi connectivity index (χ3v) is 6.88. The number of aromatic nitrogens is 1. The minimum absolute atomic E-state index is 0.0529.